The molecule has 0 aromatic heterocycles. The average Bonchev–Trinajstić information content (AvgIpc) is 3.05. The van der Waals surface area contributed by atoms with E-state index in [2.05, 4.69) is 43.8 Å². The van der Waals surface area contributed by atoms with E-state index < -0.39 is 0 Å². The van der Waals surface area contributed by atoms with Gasteiger partial charge in [-0.15, -0.1) is 0 Å². The van der Waals surface area contributed by atoms with Gasteiger partial charge >= 0.3 is 0 Å². The molecule has 0 spiro atoms. The van der Waals surface area contributed by atoms with Gasteiger partial charge in [-0.3, -0.25) is 0 Å². The van der Waals surface area contributed by atoms with Gasteiger partial charge in [0.05, 0.1) is 6.10 Å². The second-order valence-corrected chi connectivity index (χ2v) is 6.95. The van der Waals surface area contributed by atoms with Gasteiger partial charge in [-0.1, -0.05) is 57.0 Å². The molecule has 130 valence electrons. The standard InChI is InChI=1S/C22H30O2/c1-3-10-18(4-2)23-22(24-19-12-6-5-7-13-19)21-16-15-17-11-8-9-14-20(17)21/h4,8-11,14,19,21-22H,2-3,5-7,12-13,15-16H2,1H3. The van der Waals surface area contributed by atoms with Crippen molar-refractivity contribution in [2.45, 2.75) is 76.6 Å². The van der Waals surface area contributed by atoms with Crippen LogP contribution in [-0.2, 0) is 15.9 Å². The summed E-state index contributed by atoms with van der Waals surface area (Å²) in [5.41, 5.74) is 2.85. The predicted octanol–water partition coefficient (Wildman–Crippen LogP) is 5.89. The van der Waals surface area contributed by atoms with E-state index in [1.807, 2.05) is 6.08 Å². The fraction of sp³-hybridized carbons (Fsp3) is 0.545. The van der Waals surface area contributed by atoms with Crippen LogP contribution in [0.1, 0.15) is 68.9 Å². The van der Waals surface area contributed by atoms with Crippen LogP contribution in [0, 0.1) is 0 Å². The Bertz CT molecular complexity index is 569. The molecule has 1 aromatic rings. The smallest absolute Gasteiger partial charge is 0.207 e. The summed E-state index contributed by atoms with van der Waals surface area (Å²) >= 11 is 0. The van der Waals surface area contributed by atoms with Gasteiger partial charge in [-0.2, -0.15) is 0 Å². The highest BCUT2D eigenvalue weighted by Gasteiger charge is 2.34. The van der Waals surface area contributed by atoms with E-state index in [0.29, 0.717) is 12.0 Å². The molecule has 1 saturated carbocycles. The minimum Gasteiger partial charge on any atom is -0.465 e. The maximum absolute atomic E-state index is 6.50. The van der Waals surface area contributed by atoms with E-state index in [0.717, 1.165) is 37.9 Å². The lowest BCUT2D eigenvalue weighted by Gasteiger charge is -2.32. The molecule has 0 amide bonds. The first-order valence-electron chi connectivity index (χ1n) is 9.54. The monoisotopic (exact) mass is 326 g/mol. The lowest BCUT2D eigenvalue weighted by molar-refractivity contribution is -0.166. The van der Waals surface area contributed by atoms with Crippen molar-refractivity contribution in [1.29, 1.82) is 0 Å². The molecule has 2 aliphatic rings. The Morgan fingerprint density at radius 3 is 2.75 bits per heavy atom. The maximum Gasteiger partial charge on any atom is 0.207 e. The molecular weight excluding hydrogens is 296 g/mol. The molecule has 3 rings (SSSR count). The fourth-order valence-corrected chi connectivity index (χ4v) is 3.98. The molecule has 0 radical (unpaired) electrons. The number of fused-ring (bicyclic) bond motifs is 1. The number of aryl methyl sites for hydroxylation is 1. The van der Waals surface area contributed by atoms with Crippen LogP contribution >= 0.6 is 0 Å². The van der Waals surface area contributed by atoms with E-state index in [1.54, 1.807) is 0 Å². The maximum atomic E-state index is 6.50. The van der Waals surface area contributed by atoms with Gasteiger partial charge in [-0.25, -0.2) is 0 Å². The Balaban J connectivity index is 1.78. The number of benzene rings is 1. The molecule has 1 fully saturated rings. The second kappa shape index (κ2) is 8.53. The van der Waals surface area contributed by atoms with Crippen LogP contribution in [0.5, 0.6) is 0 Å². The Labute approximate surface area is 146 Å². The molecule has 2 aliphatic carbocycles. The molecule has 1 aromatic carbocycles. The topological polar surface area (TPSA) is 18.5 Å². The van der Waals surface area contributed by atoms with Gasteiger partial charge in [0.1, 0.15) is 5.76 Å². The summed E-state index contributed by atoms with van der Waals surface area (Å²) in [5, 5.41) is 0. The Hall–Kier alpha value is -1.54. The molecule has 24 heavy (non-hydrogen) atoms. The van der Waals surface area contributed by atoms with Crippen LogP contribution < -0.4 is 0 Å². The number of allylic oxidation sites excluding steroid dienone is 2. The molecule has 2 atom stereocenters. The van der Waals surface area contributed by atoms with Crippen LogP contribution in [0.2, 0.25) is 0 Å². The van der Waals surface area contributed by atoms with Crippen LogP contribution in [0.25, 0.3) is 0 Å². The SMILES string of the molecule is C=CC(=CCC)OC(OC1CCCCC1)C1CCc2ccccc21. The number of rotatable bonds is 7. The van der Waals surface area contributed by atoms with E-state index in [1.165, 1.54) is 30.4 Å². The summed E-state index contributed by atoms with van der Waals surface area (Å²) in [7, 11) is 0. The predicted molar refractivity (Wildman–Crippen MR) is 98.9 cm³/mol. The molecule has 0 bridgehead atoms. The number of hydrogen-bond donors (Lipinski definition) is 0. The summed E-state index contributed by atoms with van der Waals surface area (Å²) in [6, 6.07) is 8.74. The summed E-state index contributed by atoms with van der Waals surface area (Å²) < 4.78 is 12.8. The van der Waals surface area contributed by atoms with Crippen molar-refractivity contribution in [2.75, 3.05) is 0 Å². The Kier molecular flexibility index (Phi) is 6.14. The number of ether oxygens (including phenoxy) is 2. The third-order valence-electron chi connectivity index (χ3n) is 5.25. The first-order valence-corrected chi connectivity index (χ1v) is 9.54. The summed E-state index contributed by atoms with van der Waals surface area (Å²) in [5.74, 6) is 1.17. The van der Waals surface area contributed by atoms with Gasteiger partial charge < -0.3 is 9.47 Å². The van der Waals surface area contributed by atoms with Crippen molar-refractivity contribution in [3.63, 3.8) is 0 Å². The normalized spacial score (nSPS) is 22.9. The fourth-order valence-electron chi connectivity index (χ4n) is 3.98. The van der Waals surface area contributed by atoms with Gasteiger partial charge in [0.25, 0.3) is 0 Å². The summed E-state index contributed by atoms with van der Waals surface area (Å²) in [6.45, 7) is 6.02. The Morgan fingerprint density at radius 2 is 2.00 bits per heavy atom. The number of hydrogen-bond acceptors (Lipinski definition) is 2. The quantitative estimate of drug-likeness (QED) is 0.353. The zero-order chi connectivity index (χ0) is 16.8. The lowest BCUT2D eigenvalue weighted by atomic mass is 9.96. The van der Waals surface area contributed by atoms with E-state index in [-0.39, 0.29) is 6.29 Å². The molecule has 2 unspecified atom stereocenters. The highest BCUT2D eigenvalue weighted by Crippen LogP contribution is 2.39. The van der Waals surface area contributed by atoms with Gasteiger partial charge in [0, 0.05) is 5.92 Å². The summed E-state index contributed by atoms with van der Waals surface area (Å²) in [6.07, 6.45) is 13.4. The second-order valence-electron chi connectivity index (χ2n) is 6.95. The average molecular weight is 326 g/mol. The first-order chi connectivity index (χ1) is 11.8. The zero-order valence-corrected chi connectivity index (χ0v) is 14.9. The van der Waals surface area contributed by atoms with Gasteiger partial charge in [-0.05, 0) is 55.4 Å². The van der Waals surface area contributed by atoms with E-state index in [4.69, 9.17) is 9.47 Å². The van der Waals surface area contributed by atoms with Crippen molar-refractivity contribution >= 4 is 0 Å². The third-order valence-corrected chi connectivity index (χ3v) is 5.25. The summed E-state index contributed by atoms with van der Waals surface area (Å²) in [4.78, 5) is 0. The van der Waals surface area contributed by atoms with Crippen LogP contribution in [0.15, 0.2) is 48.8 Å². The molecular formula is C22H30O2. The van der Waals surface area contributed by atoms with Crippen LogP contribution in [0.3, 0.4) is 0 Å². The molecule has 0 aliphatic heterocycles. The molecule has 2 nitrogen and oxygen atoms in total. The Morgan fingerprint density at radius 1 is 1.21 bits per heavy atom. The lowest BCUT2D eigenvalue weighted by Crippen LogP contribution is -2.30. The minimum absolute atomic E-state index is 0.201. The van der Waals surface area contributed by atoms with Gasteiger partial charge in [0.2, 0.25) is 6.29 Å². The highest BCUT2D eigenvalue weighted by atomic mass is 16.7. The van der Waals surface area contributed by atoms with Crippen molar-refractivity contribution < 1.29 is 9.47 Å². The minimum atomic E-state index is -0.201. The molecule has 0 N–H and O–H groups in total. The molecule has 0 saturated heterocycles. The van der Waals surface area contributed by atoms with Crippen molar-refractivity contribution in [3.8, 4) is 0 Å². The van der Waals surface area contributed by atoms with E-state index >= 15 is 0 Å². The van der Waals surface area contributed by atoms with Crippen molar-refractivity contribution in [1.82, 2.24) is 0 Å². The first kappa shape index (κ1) is 17.3. The van der Waals surface area contributed by atoms with E-state index in [9.17, 15) is 0 Å². The third kappa shape index (κ3) is 4.10. The van der Waals surface area contributed by atoms with Crippen LogP contribution in [0.4, 0.5) is 0 Å². The molecule has 0 heterocycles. The van der Waals surface area contributed by atoms with Crippen molar-refractivity contribution in [3.05, 3.63) is 59.9 Å². The molecule has 2 heteroatoms. The van der Waals surface area contributed by atoms with Gasteiger partial charge in [0.15, 0.2) is 0 Å². The largest absolute Gasteiger partial charge is 0.465 e. The van der Waals surface area contributed by atoms with Crippen molar-refractivity contribution in [2.24, 2.45) is 0 Å². The zero-order valence-electron chi connectivity index (χ0n) is 14.9. The highest BCUT2D eigenvalue weighted by molar-refractivity contribution is 5.35. The van der Waals surface area contributed by atoms with Crippen LogP contribution in [-0.4, -0.2) is 12.4 Å².